The summed E-state index contributed by atoms with van der Waals surface area (Å²) in [6, 6.07) is 14.9. The Labute approximate surface area is 172 Å². The molecule has 2 aromatic heterocycles. The van der Waals surface area contributed by atoms with Crippen molar-refractivity contribution in [3.05, 3.63) is 85.8 Å². The molecule has 0 aliphatic heterocycles. The van der Waals surface area contributed by atoms with E-state index < -0.39 is 11.4 Å². The lowest BCUT2D eigenvalue weighted by atomic mass is 10.1. The number of carbonyl (C=O) groups is 1. The first-order valence-electron chi connectivity index (χ1n) is 8.23. The van der Waals surface area contributed by atoms with Gasteiger partial charge < -0.3 is 13.6 Å². The molecule has 0 fully saturated rings. The standard InChI is InChI=1S/C21H12BrClO5/c1-11-2-7-14-16(10-11)27-19(12-3-5-13(23)6-4-12)20(18(14)24)28-21(25)15-8-9-17(22)26-15/h2-10H,1H3. The first-order chi connectivity index (χ1) is 13.4. The lowest BCUT2D eigenvalue weighted by Gasteiger charge is -2.10. The van der Waals surface area contributed by atoms with Gasteiger partial charge in [-0.2, -0.15) is 0 Å². The van der Waals surface area contributed by atoms with E-state index in [2.05, 4.69) is 15.9 Å². The minimum atomic E-state index is -0.806. The molecule has 0 spiro atoms. The van der Waals surface area contributed by atoms with Crippen molar-refractivity contribution in [3.63, 3.8) is 0 Å². The molecule has 0 aliphatic carbocycles. The molecule has 5 nitrogen and oxygen atoms in total. The fraction of sp³-hybridized carbons (Fsp3) is 0.0476. The van der Waals surface area contributed by atoms with Crippen LogP contribution in [0.4, 0.5) is 0 Å². The molecule has 0 unspecified atom stereocenters. The lowest BCUT2D eigenvalue weighted by molar-refractivity contribution is 0.0696. The van der Waals surface area contributed by atoms with Gasteiger partial charge in [0.1, 0.15) is 5.58 Å². The van der Waals surface area contributed by atoms with Crippen LogP contribution in [0.25, 0.3) is 22.3 Å². The Kier molecular flexibility index (Phi) is 4.83. The topological polar surface area (TPSA) is 69.7 Å². The van der Waals surface area contributed by atoms with Crippen LogP contribution in [0.2, 0.25) is 5.02 Å². The van der Waals surface area contributed by atoms with Crippen molar-refractivity contribution in [2.24, 2.45) is 0 Å². The van der Waals surface area contributed by atoms with E-state index in [1.54, 1.807) is 48.5 Å². The summed E-state index contributed by atoms with van der Waals surface area (Å²) in [7, 11) is 0. The average Bonchev–Trinajstić information content (AvgIpc) is 3.11. The van der Waals surface area contributed by atoms with Crippen LogP contribution in [0.3, 0.4) is 0 Å². The SMILES string of the molecule is Cc1ccc2c(=O)c(OC(=O)c3ccc(Br)o3)c(-c3ccc(Cl)cc3)oc2c1. The molecule has 0 amide bonds. The van der Waals surface area contributed by atoms with Crippen molar-refractivity contribution in [1.29, 1.82) is 0 Å². The molecular weight excluding hydrogens is 448 g/mol. The van der Waals surface area contributed by atoms with Gasteiger partial charge in [0.15, 0.2) is 10.4 Å². The molecule has 0 radical (unpaired) electrons. The normalized spacial score (nSPS) is 11.0. The predicted octanol–water partition coefficient (Wildman–Crippen LogP) is 6.00. The number of furan rings is 1. The Morgan fingerprint density at radius 2 is 1.79 bits per heavy atom. The highest BCUT2D eigenvalue weighted by molar-refractivity contribution is 9.10. The zero-order valence-electron chi connectivity index (χ0n) is 14.5. The van der Waals surface area contributed by atoms with Crippen molar-refractivity contribution in [2.75, 3.05) is 0 Å². The van der Waals surface area contributed by atoms with Crippen molar-refractivity contribution in [1.82, 2.24) is 0 Å². The van der Waals surface area contributed by atoms with Crippen LogP contribution >= 0.6 is 27.5 Å². The Morgan fingerprint density at radius 3 is 2.46 bits per heavy atom. The van der Waals surface area contributed by atoms with Crippen molar-refractivity contribution in [3.8, 4) is 17.1 Å². The summed E-state index contributed by atoms with van der Waals surface area (Å²) in [5.74, 6) is -0.924. The van der Waals surface area contributed by atoms with E-state index in [9.17, 15) is 9.59 Å². The maximum atomic E-state index is 13.1. The summed E-state index contributed by atoms with van der Waals surface area (Å²) < 4.78 is 17.0. The molecule has 4 aromatic rings. The first kappa shape index (κ1) is 18.5. The summed E-state index contributed by atoms with van der Waals surface area (Å²) in [6.45, 7) is 1.89. The number of esters is 1. The number of rotatable bonds is 3. The number of carbonyl (C=O) groups excluding carboxylic acids is 1. The molecule has 0 saturated carbocycles. The predicted molar refractivity (Wildman–Crippen MR) is 109 cm³/mol. The van der Waals surface area contributed by atoms with E-state index in [0.717, 1.165) is 5.56 Å². The molecule has 2 heterocycles. The van der Waals surface area contributed by atoms with Crippen LogP contribution in [0.15, 0.2) is 72.9 Å². The van der Waals surface area contributed by atoms with Gasteiger partial charge in [-0.1, -0.05) is 17.7 Å². The zero-order chi connectivity index (χ0) is 19.8. The van der Waals surface area contributed by atoms with E-state index >= 15 is 0 Å². The highest BCUT2D eigenvalue weighted by Crippen LogP contribution is 2.32. The van der Waals surface area contributed by atoms with Crippen molar-refractivity contribution < 1.29 is 18.4 Å². The smallest absolute Gasteiger partial charge is 0.379 e. The van der Waals surface area contributed by atoms with Gasteiger partial charge in [-0.3, -0.25) is 4.79 Å². The Bertz CT molecular complexity index is 1250. The average molecular weight is 460 g/mol. The fourth-order valence-electron chi connectivity index (χ4n) is 2.73. The lowest BCUT2D eigenvalue weighted by Crippen LogP contribution is -2.16. The van der Waals surface area contributed by atoms with E-state index in [0.29, 0.717) is 26.2 Å². The Balaban J connectivity index is 1.91. The third kappa shape index (κ3) is 3.48. The monoisotopic (exact) mass is 458 g/mol. The summed E-state index contributed by atoms with van der Waals surface area (Å²) >= 11 is 9.09. The molecule has 0 saturated heterocycles. The van der Waals surface area contributed by atoms with E-state index in [1.165, 1.54) is 6.07 Å². The van der Waals surface area contributed by atoms with Crippen LogP contribution in [0.1, 0.15) is 16.1 Å². The first-order valence-corrected chi connectivity index (χ1v) is 9.40. The van der Waals surface area contributed by atoms with E-state index in [1.807, 2.05) is 6.92 Å². The van der Waals surface area contributed by atoms with Crippen LogP contribution < -0.4 is 10.2 Å². The number of aryl methyl sites for hydroxylation is 1. The second-order valence-corrected chi connectivity index (χ2v) is 7.31. The van der Waals surface area contributed by atoms with Gasteiger partial charge in [0.2, 0.25) is 16.9 Å². The van der Waals surface area contributed by atoms with Gasteiger partial charge in [0.25, 0.3) is 0 Å². The summed E-state index contributed by atoms with van der Waals surface area (Å²) in [6.07, 6.45) is 0. The maximum absolute atomic E-state index is 13.1. The molecule has 7 heteroatoms. The third-order valence-electron chi connectivity index (χ3n) is 4.08. The molecule has 0 aliphatic rings. The molecule has 0 N–H and O–H groups in total. The van der Waals surface area contributed by atoms with Gasteiger partial charge in [-0.25, -0.2) is 4.79 Å². The molecule has 4 rings (SSSR count). The molecule has 140 valence electrons. The number of halogens is 2. The second kappa shape index (κ2) is 7.30. The third-order valence-corrected chi connectivity index (χ3v) is 4.76. The van der Waals surface area contributed by atoms with Crippen molar-refractivity contribution >= 4 is 44.5 Å². The number of fused-ring (bicyclic) bond motifs is 1. The summed E-state index contributed by atoms with van der Waals surface area (Å²) in [5, 5.41) is 0.841. The maximum Gasteiger partial charge on any atom is 0.379 e. The zero-order valence-corrected chi connectivity index (χ0v) is 16.8. The second-order valence-electron chi connectivity index (χ2n) is 6.09. The van der Waals surface area contributed by atoms with Gasteiger partial charge in [0, 0.05) is 10.6 Å². The number of hydrogen-bond acceptors (Lipinski definition) is 5. The Morgan fingerprint density at radius 1 is 1.04 bits per heavy atom. The largest absolute Gasteiger partial charge is 0.452 e. The number of hydrogen-bond donors (Lipinski definition) is 0. The molecule has 28 heavy (non-hydrogen) atoms. The fourth-order valence-corrected chi connectivity index (χ4v) is 3.17. The van der Waals surface area contributed by atoms with Gasteiger partial charge >= 0.3 is 5.97 Å². The minimum absolute atomic E-state index is 0.0441. The van der Waals surface area contributed by atoms with Gasteiger partial charge in [-0.05, 0) is 76.9 Å². The number of benzene rings is 2. The minimum Gasteiger partial charge on any atom is -0.452 e. The van der Waals surface area contributed by atoms with Crippen LogP contribution in [0.5, 0.6) is 5.75 Å². The highest BCUT2D eigenvalue weighted by atomic mass is 79.9. The van der Waals surface area contributed by atoms with E-state index in [4.69, 9.17) is 25.2 Å². The van der Waals surface area contributed by atoms with Gasteiger partial charge in [-0.15, -0.1) is 0 Å². The van der Waals surface area contributed by atoms with Crippen LogP contribution in [-0.2, 0) is 0 Å². The van der Waals surface area contributed by atoms with Crippen LogP contribution in [0, 0.1) is 6.92 Å². The summed E-state index contributed by atoms with van der Waals surface area (Å²) in [4.78, 5) is 25.5. The number of ether oxygens (including phenoxy) is 1. The highest BCUT2D eigenvalue weighted by Gasteiger charge is 2.23. The Hall–Kier alpha value is -2.83. The van der Waals surface area contributed by atoms with Crippen LogP contribution in [-0.4, -0.2) is 5.97 Å². The van der Waals surface area contributed by atoms with Gasteiger partial charge in [0.05, 0.1) is 5.39 Å². The molecule has 2 aromatic carbocycles. The summed E-state index contributed by atoms with van der Waals surface area (Å²) in [5.41, 5.74) is 1.43. The van der Waals surface area contributed by atoms with Crippen molar-refractivity contribution in [2.45, 2.75) is 6.92 Å². The van der Waals surface area contributed by atoms with E-state index in [-0.39, 0.29) is 17.3 Å². The molecular formula is C21H12BrClO5. The molecule has 0 atom stereocenters. The quantitative estimate of drug-likeness (QED) is 0.352. The molecule has 0 bridgehead atoms.